The maximum Gasteiger partial charge on any atom is 0.251 e. The van der Waals surface area contributed by atoms with Crippen molar-refractivity contribution in [1.82, 2.24) is 5.32 Å². The van der Waals surface area contributed by atoms with Crippen LogP contribution in [0.5, 0.6) is 0 Å². The summed E-state index contributed by atoms with van der Waals surface area (Å²) < 4.78 is 5.82. The number of amides is 2. The van der Waals surface area contributed by atoms with E-state index < -0.39 is 0 Å². The minimum absolute atomic E-state index is 0.109. The second kappa shape index (κ2) is 6.67. The summed E-state index contributed by atoms with van der Waals surface area (Å²) in [6, 6.07) is 16.6. The van der Waals surface area contributed by atoms with Crippen LogP contribution in [-0.2, 0) is 4.79 Å². The third-order valence-electron chi connectivity index (χ3n) is 4.71. The van der Waals surface area contributed by atoms with E-state index >= 15 is 0 Å². The van der Waals surface area contributed by atoms with Gasteiger partial charge in [-0.2, -0.15) is 0 Å². The molecule has 0 radical (unpaired) electrons. The molecule has 1 unspecified atom stereocenters. The van der Waals surface area contributed by atoms with Gasteiger partial charge in [-0.25, -0.2) is 0 Å². The van der Waals surface area contributed by atoms with Gasteiger partial charge in [0, 0.05) is 29.6 Å². The predicted octanol–water partition coefficient (Wildman–Crippen LogP) is 4.05. The number of carbonyl (C=O) groups is 2. The maximum atomic E-state index is 12.6. The van der Waals surface area contributed by atoms with Crippen LogP contribution in [0.25, 0.3) is 11.0 Å². The zero-order valence-corrected chi connectivity index (χ0v) is 14.6. The van der Waals surface area contributed by atoms with Gasteiger partial charge in [-0.3, -0.25) is 9.59 Å². The molecule has 1 aliphatic heterocycles. The van der Waals surface area contributed by atoms with Crippen LogP contribution in [0.15, 0.2) is 59.0 Å². The van der Waals surface area contributed by atoms with Gasteiger partial charge in [0.1, 0.15) is 11.3 Å². The van der Waals surface area contributed by atoms with Crippen molar-refractivity contribution in [3.05, 3.63) is 65.9 Å². The first-order valence-corrected chi connectivity index (χ1v) is 8.81. The molecule has 26 heavy (non-hydrogen) atoms. The molecular formula is C21H20N2O3. The SMILES string of the molecule is CC(NC(=O)c1cccc(N2CCCC2=O)c1)c1cc2ccccc2o1. The Kier molecular flexibility index (Phi) is 4.21. The Morgan fingerprint density at radius 3 is 2.77 bits per heavy atom. The van der Waals surface area contributed by atoms with Crippen molar-refractivity contribution in [2.24, 2.45) is 0 Å². The number of hydrogen-bond donors (Lipinski definition) is 1. The van der Waals surface area contributed by atoms with Crippen LogP contribution in [0.4, 0.5) is 5.69 Å². The molecule has 1 saturated heterocycles. The second-order valence-electron chi connectivity index (χ2n) is 6.58. The highest BCUT2D eigenvalue weighted by atomic mass is 16.3. The third kappa shape index (κ3) is 3.08. The fourth-order valence-electron chi connectivity index (χ4n) is 3.30. The molecule has 5 nitrogen and oxygen atoms in total. The first-order chi connectivity index (χ1) is 12.6. The molecule has 0 bridgehead atoms. The van der Waals surface area contributed by atoms with E-state index in [4.69, 9.17) is 4.42 Å². The van der Waals surface area contributed by atoms with Gasteiger partial charge in [0.15, 0.2) is 0 Å². The lowest BCUT2D eigenvalue weighted by atomic mass is 10.1. The largest absolute Gasteiger partial charge is 0.459 e. The minimum Gasteiger partial charge on any atom is -0.459 e. The third-order valence-corrected chi connectivity index (χ3v) is 4.71. The lowest BCUT2D eigenvalue weighted by Gasteiger charge is -2.17. The minimum atomic E-state index is -0.257. The van der Waals surface area contributed by atoms with E-state index in [0.717, 1.165) is 23.1 Å². The van der Waals surface area contributed by atoms with Crippen LogP contribution >= 0.6 is 0 Å². The van der Waals surface area contributed by atoms with Crippen LogP contribution in [0, 0.1) is 0 Å². The number of furan rings is 1. The normalized spacial score (nSPS) is 15.4. The molecule has 0 spiro atoms. The summed E-state index contributed by atoms with van der Waals surface area (Å²) >= 11 is 0. The van der Waals surface area contributed by atoms with Gasteiger partial charge < -0.3 is 14.6 Å². The van der Waals surface area contributed by atoms with E-state index in [-0.39, 0.29) is 17.9 Å². The first-order valence-electron chi connectivity index (χ1n) is 8.81. The Morgan fingerprint density at radius 1 is 1.15 bits per heavy atom. The molecule has 4 rings (SSSR count). The van der Waals surface area contributed by atoms with E-state index in [2.05, 4.69) is 5.32 Å². The Bertz CT molecular complexity index is 943. The van der Waals surface area contributed by atoms with Gasteiger partial charge in [-0.1, -0.05) is 24.3 Å². The maximum absolute atomic E-state index is 12.6. The number of fused-ring (bicyclic) bond motifs is 1. The molecule has 0 saturated carbocycles. The van der Waals surface area contributed by atoms with Crippen molar-refractivity contribution in [2.45, 2.75) is 25.8 Å². The summed E-state index contributed by atoms with van der Waals surface area (Å²) in [6.07, 6.45) is 1.43. The van der Waals surface area contributed by atoms with Crippen molar-refractivity contribution in [1.29, 1.82) is 0 Å². The van der Waals surface area contributed by atoms with Crippen molar-refractivity contribution in [3.63, 3.8) is 0 Å². The van der Waals surface area contributed by atoms with Gasteiger partial charge in [-0.05, 0) is 43.7 Å². The van der Waals surface area contributed by atoms with Crippen molar-refractivity contribution in [3.8, 4) is 0 Å². The number of nitrogens with one attached hydrogen (secondary N) is 1. The molecule has 1 aliphatic rings. The number of carbonyl (C=O) groups excluding carboxylic acids is 2. The number of benzene rings is 2. The molecular weight excluding hydrogens is 328 g/mol. The van der Waals surface area contributed by atoms with E-state index in [1.165, 1.54) is 0 Å². The molecule has 5 heteroatoms. The predicted molar refractivity (Wildman–Crippen MR) is 100 cm³/mol. The smallest absolute Gasteiger partial charge is 0.251 e. The lowest BCUT2D eigenvalue weighted by Crippen LogP contribution is -2.27. The van der Waals surface area contributed by atoms with E-state index in [1.54, 1.807) is 17.0 Å². The van der Waals surface area contributed by atoms with Crippen LogP contribution in [0.1, 0.15) is 41.9 Å². The summed E-state index contributed by atoms with van der Waals surface area (Å²) in [5.74, 6) is 0.634. The van der Waals surface area contributed by atoms with E-state index in [1.807, 2.05) is 49.4 Å². The number of rotatable bonds is 4. The number of para-hydroxylation sites is 1. The van der Waals surface area contributed by atoms with Crippen molar-refractivity contribution in [2.75, 3.05) is 11.4 Å². The van der Waals surface area contributed by atoms with E-state index in [0.29, 0.717) is 24.3 Å². The molecule has 2 amide bonds. The van der Waals surface area contributed by atoms with Gasteiger partial charge in [0.25, 0.3) is 5.91 Å². The molecule has 1 N–H and O–H groups in total. The van der Waals surface area contributed by atoms with Crippen LogP contribution in [-0.4, -0.2) is 18.4 Å². The summed E-state index contributed by atoms with van der Waals surface area (Å²) in [5.41, 5.74) is 2.11. The molecule has 2 aromatic carbocycles. The molecule has 3 aromatic rings. The Hall–Kier alpha value is -3.08. The highest BCUT2D eigenvalue weighted by Crippen LogP contribution is 2.25. The number of hydrogen-bond acceptors (Lipinski definition) is 3. The first kappa shape index (κ1) is 16.4. The zero-order valence-electron chi connectivity index (χ0n) is 14.6. The second-order valence-corrected chi connectivity index (χ2v) is 6.58. The topological polar surface area (TPSA) is 62.6 Å². The summed E-state index contributed by atoms with van der Waals surface area (Å²) in [4.78, 5) is 26.3. The van der Waals surface area contributed by atoms with E-state index in [9.17, 15) is 9.59 Å². The van der Waals surface area contributed by atoms with Gasteiger partial charge in [0.2, 0.25) is 5.91 Å². The molecule has 132 valence electrons. The molecule has 1 fully saturated rings. The molecule has 2 heterocycles. The Balaban J connectivity index is 1.51. The standard InChI is InChI=1S/C21H20N2O3/c1-14(19-13-15-6-2-3-9-18(15)26-19)22-21(25)16-7-4-8-17(12-16)23-11-5-10-20(23)24/h2-4,6-9,12-14H,5,10-11H2,1H3,(H,22,25). The summed E-state index contributed by atoms with van der Waals surface area (Å²) in [6.45, 7) is 2.60. The van der Waals surface area contributed by atoms with Gasteiger partial charge in [-0.15, -0.1) is 0 Å². The van der Waals surface area contributed by atoms with Gasteiger partial charge in [0.05, 0.1) is 6.04 Å². The summed E-state index contributed by atoms with van der Waals surface area (Å²) in [7, 11) is 0. The summed E-state index contributed by atoms with van der Waals surface area (Å²) in [5, 5.41) is 3.98. The van der Waals surface area contributed by atoms with Crippen LogP contribution in [0.2, 0.25) is 0 Å². The van der Waals surface area contributed by atoms with Crippen LogP contribution < -0.4 is 10.2 Å². The molecule has 0 aliphatic carbocycles. The Labute approximate surface area is 151 Å². The number of nitrogens with zero attached hydrogens (tertiary/aromatic N) is 1. The van der Waals surface area contributed by atoms with Crippen LogP contribution in [0.3, 0.4) is 0 Å². The fourth-order valence-corrected chi connectivity index (χ4v) is 3.30. The highest BCUT2D eigenvalue weighted by Gasteiger charge is 2.22. The quantitative estimate of drug-likeness (QED) is 0.774. The average Bonchev–Trinajstić information content (AvgIpc) is 3.27. The highest BCUT2D eigenvalue weighted by molar-refractivity contribution is 5.99. The number of anilines is 1. The van der Waals surface area contributed by atoms with Crippen molar-refractivity contribution >= 4 is 28.5 Å². The van der Waals surface area contributed by atoms with Gasteiger partial charge >= 0.3 is 0 Å². The molecule has 1 atom stereocenters. The molecule has 1 aromatic heterocycles. The monoisotopic (exact) mass is 348 g/mol. The lowest BCUT2D eigenvalue weighted by molar-refractivity contribution is -0.117. The zero-order chi connectivity index (χ0) is 18.1. The average molecular weight is 348 g/mol. The Morgan fingerprint density at radius 2 is 2.00 bits per heavy atom. The fraction of sp³-hybridized carbons (Fsp3) is 0.238. The van der Waals surface area contributed by atoms with Crippen molar-refractivity contribution < 1.29 is 14.0 Å².